The molecular formula is C20H31N3O3. The molecule has 1 aliphatic rings. The molecule has 6 nitrogen and oxygen atoms in total. The minimum atomic E-state index is -0.573. The molecule has 1 saturated heterocycles. The molecule has 1 aromatic rings. The Balaban J connectivity index is 1.98. The van der Waals surface area contributed by atoms with Crippen LogP contribution in [-0.2, 0) is 16.1 Å². The van der Waals surface area contributed by atoms with Crippen LogP contribution in [0.2, 0.25) is 0 Å². The lowest BCUT2D eigenvalue weighted by molar-refractivity contribution is -0.133. The maximum absolute atomic E-state index is 12.6. The summed E-state index contributed by atoms with van der Waals surface area (Å²) in [6, 6.07) is 3.75. The van der Waals surface area contributed by atoms with E-state index in [1.54, 1.807) is 17.3 Å². The minimum Gasteiger partial charge on any atom is -0.444 e. The number of pyridine rings is 1. The van der Waals surface area contributed by atoms with Crippen molar-refractivity contribution in [2.45, 2.75) is 59.1 Å². The smallest absolute Gasteiger partial charge is 0.410 e. The zero-order valence-electron chi connectivity index (χ0n) is 16.4. The molecule has 0 aliphatic carbocycles. The molecule has 0 spiro atoms. The first-order chi connectivity index (χ1) is 12.2. The van der Waals surface area contributed by atoms with Gasteiger partial charge >= 0.3 is 6.09 Å². The van der Waals surface area contributed by atoms with Crippen LogP contribution in [0.4, 0.5) is 4.79 Å². The zero-order valence-corrected chi connectivity index (χ0v) is 16.4. The summed E-state index contributed by atoms with van der Waals surface area (Å²) in [6.07, 6.45) is 5.56. The molecule has 1 fully saturated rings. The second kappa shape index (κ2) is 9.01. The van der Waals surface area contributed by atoms with E-state index < -0.39 is 11.7 Å². The quantitative estimate of drug-likeness (QED) is 0.806. The summed E-state index contributed by atoms with van der Waals surface area (Å²) >= 11 is 0. The Morgan fingerprint density at radius 1 is 1.38 bits per heavy atom. The van der Waals surface area contributed by atoms with Gasteiger partial charge in [0.05, 0.1) is 6.54 Å². The number of ether oxygens (including phenoxy) is 1. The highest BCUT2D eigenvalue weighted by atomic mass is 16.6. The van der Waals surface area contributed by atoms with Crippen molar-refractivity contribution in [1.29, 1.82) is 0 Å². The molecule has 0 radical (unpaired) electrons. The van der Waals surface area contributed by atoms with Crippen LogP contribution in [0.5, 0.6) is 0 Å². The predicted molar refractivity (Wildman–Crippen MR) is 100 cm³/mol. The Morgan fingerprint density at radius 2 is 2.15 bits per heavy atom. The number of aromatic nitrogens is 1. The molecular weight excluding hydrogens is 330 g/mol. The number of likely N-dealkylation sites (tertiary alicyclic amines) is 1. The third-order valence-electron chi connectivity index (χ3n) is 4.35. The maximum atomic E-state index is 12.6. The fourth-order valence-electron chi connectivity index (χ4n) is 3.08. The Hall–Kier alpha value is -2.11. The van der Waals surface area contributed by atoms with E-state index in [0.29, 0.717) is 25.4 Å². The Labute approximate surface area is 156 Å². The van der Waals surface area contributed by atoms with E-state index in [1.165, 1.54) is 6.42 Å². The van der Waals surface area contributed by atoms with Crippen molar-refractivity contribution >= 4 is 12.0 Å². The Morgan fingerprint density at radius 3 is 2.77 bits per heavy atom. The van der Waals surface area contributed by atoms with Gasteiger partial charge in [-0.05, 0) is 51.2 Å². The van der Waals surface area contributed by atoms with Crippen molar-refractivity contribution < 1.29 is 14.3 Å². The van der Waals surface area contributed by atoms with Crippen LogP contribution in [0.1, 0.15) is 52.5 Å². The van der Waals surface area contributed by atoms with Crippen LogP contribution in [0.25, 0.3) is 0 Å². The van der Waals surface area contributed by atoms with Crippen molar-refractivity contribution in [1.82, 2.24) is 14.8 Å². The summed E-state index contributed by atoms with van der Waals surface area (Å²) in [7, 11) is 0. The summed E-state index contributed by atoms with van der Waals surface area (Å²) < 4.78 is 5.51. The monoisotopic (exact) mass is 361 g/mol. The maximum Gasteiger partial charge on any atom is 0.410 e. The van der Waals surface area contributed by atoms with Crippen molar-refractivity contribution in [3.63, 3.8) is 0 Å². The molecule has 1 aromatic heterocycles. The highest BCUT2D eigenvalue weighted by Crippen LogP contribution is 2.17. The SMILES string of the molecule is CC1CCCN(C(=O)CCN(Cc2cccnc2)C(=O)OC(C)(C)C)C1. The lowest BCUT2D eigenvalue weighted by atomic mass is 10.00. The summed E-state index contributed by atoms with van der Waals surface area (Å²) in [6.45, 7) is 10.1. The number of hydrogen-bond acceptors (Lipinski definition) is 4. The van der Waals surface area contributed by atoms with Gasteiger partial charge in [0.15, 0.2) is 0 Å². The van der Waals surface area contributed by atoms with Crippen LogP contribution in [0, 0.1) is 5.92 Å². The van der Waals surface area contributed by atoms with Gasteiger partial charge in [-0.3, -0.25) is 9.78 Å². The average molecular weight is 361 g/mol. The van der Waals surface area contributed by atoms with Crippen LogP contribution in [0.15, 0.2) is 24.5 Å². The van der Waals surface area contributed by atoms with E-state index in [-0.39, 0.29) is 5.91 Å². The summed E-state index contributed by atoms with van der Waals surface area (Å²) in [5, 5.41) is 0. The van der Waals surface area contributed by atoms with E-state index in [4.69, 9.17) is 4.74 Å². The van der Waals surface area contributed by atoms with Gasteiger partial charge in [-0.25, -0.2) is 4.79 Å². The topological polar surface area (TPSA) is 62.7 Å². The van der Waals surface area contributed by atoms with Crippen LogP contribution in [0.3, 0.4) is 0 Å². The number of nitrogens with zero attached hydrogens (tertiary/aromatic N) is 3. The highest BCUT2D eigenvalue weighted by Gasteiger charge is 2.25. The number of carbonyl (C=O) groups excluding carboxylic acids is 2. The van der Waals surface area contributed by atoms with Gasteiger partial charge in [-0.15, -0.1) is 0 Å². The molecule has 2 rings (SSSR count). The molecule has 2 heterocycles. The van der Waals surface area contributed by atoms with Crippen molar-refractivity contribution in [2.75, 3.05) is 19.6 Å². The molecule has 0 N–H and O–H groups in total. The number of hydrogen-bond donors (Lipinski definition) is 0. The van der Waals surface area contributed by atoms with Crippen LogP contribution in [-0.4, -0.2) is 52.0 Å². The highest BCUT2D eigenvalue weighted by molar-refractivity contribution is 5.77. The molecule has 2 amide bonds. The molecule has 6 heteroatoms. The normalized spacial score (nSPS) is 17.7. The average Bonchev–Trinajstić information content (AvgIpc) is 2.57. The number of piperidine rings is 1. The lowest BCUT2D eigenvalue weighted by Crippen LogP contribution is -2.42. The molecule has 26 heavy (non-hydrogen) atoms. The Kier molecular flexibility index (Phi) is 7.00. The minimum absolute atomic E-state index is 0.108. The van der Waals surface area contributed by atoms with Gasteiger partial charge in [-0.1, -0.05) is 13.0 Å². The van der Waals surface area contributed by atoms with Gasteiger partial charge in [0.25, 0.3) is 0 Å². The van der Waals surface area contributed by atoms with Gasteiger partial charge in [0, 0.05) is 38.4 Å². The first kappa shape index (κ1) is 20.2. The van der Waals surface area contributed by atoms with Gasteiger partial charge < -0.3 is 14.5 Å². The molecule has 1 aliphatic heterocycles. The van der Waals surface area contributed by atoms with E-state index in [9.17, 15) is 9.59 Å². The standard InChI is InChI=1S/C20H31N3O3/c1-16-7-6-11-22(14-16)18(24)9-12-23(19(25)26-20(2,3)4)15-17-8-5-10-21-13-17/h5,8,10,13,16H,6-7,9,11-12,14-15H2,1-4H3. The lowest BCUT2D eigenvalue weighted by Gasteiger charge is -2.32. The third kappa shape index (κ3) is 6.65. The van der Waals surface area contributed by atoms with Crippen LogP contribution >= 0.6 is 0 Å². The molecule has 144 valence electrons. The van der Waals surface area contributed by atoms with E-state index >= 15 is 0 Å². The van der Waals surface area contributed by atoms with Crippen molar-refractivity contribution in [2.24, 2.45) is 5.92 Å². The molecule has 1 unspecified atom stereocenters. The first-order valence-corrected chi connectivity index (χ1v) is 9.39. The predicted octanol–water partition coefficient (Wildman–Crippen LogP) is 3.47. The molecule has 0 bridgehead atoms. The summed E-state index contributed by atoms with van der Waals surface area (Å²) in [5.74, 6) is 0.654. The van der Waals surface area contributed by atoms with Gasteiger partial charge in [-0.2, -0.15) is 0 Å². The second-order valence-electron chi connectivity index (χ2n) is 8.10. The van der Waals surface area contributed by atoms with E-state index in [2.05, 4.69) is 11.9 Å². The van der Waals surface area contributed by atoms with Crippen LogP contribution < -0.4 is 0 Å². The second-order valence-corrected chi connectivity index (χ2v) is 8.10. The largest absolute Gasteiger partial charge is 0.444 e. The number of rotatable bonds is 5. The molecule has 0 saturated carbocycles. The third-order valence-corrected chi connectivity index (χ3v) is 4.35. The van der Waals surface area contributed by atoms with Crippen molar-refractivity contribution in [3.8, 4) is 0 Å². The fraction of sp³-hybridized carbons (Fsp3) is 0.650. The van der Waals surface area contributed by atoms with E-state index in [0.717, 1.165) is 25.1 Å². The Bertz CT molecular complexity index is 598. The van der Waals surface area contributed by atoms with Gasteiger partial charge in [0.2, 0.25) is 5.91 Å². The molecule has 1 atom stereocenters. The van der Waals surface area contributed by atoms with Gasteiger partial charge in [0.1, 0.15) is 5.60 Å². The summed E-state index contributed by atoms with van der Waals surface area (Å²) in [4.78, 5) is 32.7. The first-order valence-electron chi connectivity index (χ1n) is 9.39. The van der Waals surface area contributed by atoms with E-state index in [1.807, 2.05) is 37.8 Å². The van der Waals surface area contributed by atoms with Crippen molar-refractivity contribution in [3.05, 3.63) is 30.1 Å². The summed E-state index contributed by atoms with van der Waals surface area (Å²) in [5.41, 5.74) is 0.341. The zero-order chi connectivity index (χ0) is 19.2. The number of amides is 2. The molecule has 0 aromatic carbocycles. The number of carbonyl (C=O) groups is 2. The fourth-order valence-corrected chi connectivity index (χ4v) is 3.08.